The van der Waals surface area contributed by atoms with Crippen LogP contribution in [0.5, 0.6) is 0 Å². The molecule has 8 nitrogen and oxygen atoms in total. The number of aryl methyl sites for hydroxylation is 1. The van der Waals surface area contributed by atoms with Crippen LogP contribution in [0.15, 0.2) is 29.2 Å². The lowest BCUT2D eigenvalue weighted by Crippen LogP contribution is -2.70. The van der Waals surface area contributed by atoms with Crippen LogP contribution >= 0.6 is 0 Å². The standard InChI is InChI=1S/C16H22N2O6S/c1-10-5-7-11(8-6-10)25(21,22)23-9-12-13(14(19)17-12)18-15(20)24-16(2,3)4/h5-8,12-13H,9H2,1-4H3,(H,17,19)(H,18,20)/t12-,13+/m1/s1. The van der Waals surface area contributed by atoms with Crippen molar-refractivity contribution in [1.29, 1.82) is 0 Å². The highest BCUT2D eigenvalue weighted by atomic mass is 32.2. The van der Waals surface area contributed by atoms with Gasteiger partial charge in [0.15, 0.2) is 0 Å². The first kappa shape index (κ1) is 19.2. The summed E-state index contributed by atoms with van der Waals surface area (Å²) in [6.07, 6.45) is -0.751. The summed E-state index contributed by atoms with van der Waals surface area (Å²) in [6, 6.07) is 4.66. The number of rotatable bonds is 5. The van der Waals surface area contributed by atoms with Gasteiger partial charge in [0.1, 0.15) is 11.6 Å². The number of carbonyl (C=O) groups excluding carboxylic acids is 2. The molecular formula is C16H22N2O6S. The van der Waals surface area contributed by atoms with Gasteiger partial charge in [0.25, 0.3) is 10.1 Å². The highest BCUT2D eigenvalue weighted by Crippen LogP contribution is 2.16. The summed E-state index contributed by atoms with van der Waals surface area (Å²) in [5, 5.41) is 4.90. The van der Waals surface area contributed by atoms with E-state index in [1.54, 1.807) is 32.9 Å². The maximum Gasteiger partial charge on any atom is 0.408 e. The molecule has 1 heterocycles. The molecule has 1 saturated heterocycles. The smallest absolute Gasteiger partial charge is 0.408 e. The summed E-state index contributed by atoms with van der Waals surface area (Å²) in [5.41, 5.74) is 0.220. The second-order valence-electron chi connectivity index (χ2n) is 6.79. The first-order valence-corrected chi connectivity index (χ1v) is 9.15. The molecule has 1 aromatic carbocycles. The van der Waals surface area contributed by atoms with Gasteiger partial charge in [0.05, 0.1) is 17.5 Å². The summed E-state index contributed by atoms with van der Waals surface area (Å²) < 4.78 is 34.3. The van der Waals surface area contributed by atoms with Crippen molar-refractivity contribution in [3.05, 3.63) is 29.8 Å². The van der Waals surface area contributed by atoms with Crippen molar-refractivity contribution in [2.45, 2.75) is 50.3 Å². The van der Waals surface area contributed by atoms with E-state index < -0.39 is 39.8 Å². The summed E-state index contributed by atoms with van der Waals surface area (Å²) in [7, 11) is -3.94. The predicted octanol–water partition coefficient (Wildman–Crippen LogP) is 1.09. The number of β-lactam (4-membered cyclic amide) rings is 1. The Balaban J connectivity index is 1.93. The van der Waals surface area contributed by atoms with E-state index in [2.05, 4.69) is 10.6 Å². The second-order valence-corrected chi connectivity index (χ2v) is 8.41. The topological polar surface area (TPSA) is 111 Å². The van der Waals surface area contributed by atoms with Crippen LogP contribution in [0.1, 0.15) is 26.3 Å². The first-order valence-electron chi connectivity index (χ1n) is 7.74. The van der Waals surface area contributed by atoms with Crippen LogP contribution in [0.25, 0.3) is 0 Å². The van der Waals surface area contributed by atoms with E-state index in [4.69, 9.17) is 8.92 Å². The molecule has 0 bridgehead atoms. The molecule has 0 saturated carbocycles. The van der Waals surface area contributed by atoms with Crippen LogP contribution < -0.4 is 10.6 Å². The Hall–Kier alpha value is -2.13. The predicted molar refractivity (Wildman–Crippen MR) is 89.4 cm³/mol. The number of nitrogens with one attached hydrogen (secondary N) is 2. The summed E-state index contributed by atoms with van der Waals surface area (Å²) in [6.45, 7) is 6.64. The van der Waals surface area contributed by atoms with Gasteiger partial charge in [-0.1, -0.05) is 17.7 Å². The van der Waals surface area contributed by atoms with Crippen molar-refractivity contribution in [3.63, 3.8) is 0 Å². The van der Waals surface area contributed by atoms with Crippen molar-refractivity contribution >= 4 is 22.1 Å². The molecule has 1 aromatic rings. The normalized spacial score (nSPS) is 20.4. The second kappa shape index (κ2) is 7.01. The molecule has 2 rings (SSSR count). The highest BCUT2D eigenvalue weighted by molar-refractivity contribution is 7.86. The van der Waals surface area contributed by atoms with Crippen LogP contribution in [0.3, 0.4) is 0 Å². The van der Waals surface area contributed by atoms with E-state index in [-0.39, 0.29) is 11.5 Å². The van der Waals surface area contributed by atoms with Crippen molar-refractivity contribution < 1.29 is 26.9 Å². The van der Waals surface area contributed by atoms with Crippen LogP contribution in [-0.4, -0.2) is 44.7 Å². The number of hydrogen-bond donors (Lipinski definition) is 2. The number of alkyl carbamates (subject to hydrolysis) is 1. The molecule has 2 amide bonds. The summed E-state index contributed by atoms with van der Waals surface area (Å²) >= 11 is 0. The highest BCUT2D eigenvalue weighted by Gasteiger charge is 2.42. The SMILES string of the molecule is Cc1ccc(S(=O)(=O)OC[C@H]2NC(=O)[C@H]2NC(=O)OC(C)(C)C)cc1. The molecule has 1 aliphatic heterocycles. The van der Waals surface area contributed by atoms with Gasteiger partial charge >= 0.3 is 6.09 Å². The van der Waals surface area contributed by atoms with Gasteiger partial charge < -0.3 is 15.4 Å². The summed E-state index contributed by atoms with van der Waals surface area (Å²) in [5.74, 6) is -0.424. The van der Waals surface area contributed by atoms with Crippen LogP contribution in [0, 0.1) is 6.92 Å². The van der Waals surface area contributed by atoms with Crippen molar-refractivity contribution in [3.8, 4) is 0 Å². The molecule has 25 heavy (non-hydrogen) atoms. The van der Waals surface area contributed by atoms with Crippen LogP contribution in [0.4, 0.5) is 4.79 Å². The zero-order chi connectivity index (χ0) is 18.8. The number of benzene rings is 1. The fourth-order valence-electron chi connectivity index (χ4n) is 2.12. The quantitative estimate of drug-likeness (QED) is 0.593. The average Bonchev–Trinajstić information content (AvgIpc) is 2.48. The molecule has 1 fully saturated rings. The van der Waals surface area contributed by atoms with Gasteiger partial charge in [-0.15, -0.1) is 0 Å². The number of carbonyl (C=O) groups is 2. The largest absolute Gasteiger partial charge is 0.444 e. The Morgan fingerprint density at radius 2 is 1.84 bits per heavy atom. The Labute approximate surface area is 147 Å². The Morgan fingerprint density at radius 1 is 1.24 bits per heavy atom. The minimum absolute atomic E-state index is 0.0281. The van der Waals surface area contributed by atoms with Crippen LogP contribution in [-0.2, 0) is 23.8 Å². The van der Waals surface area contributed by atoms with E-state index >= 15 is 0 Å². The van der Waals surface area contributed by atoms with E-state index in [9.17, 15) is 18.0 Å². The monoisotopic (exact) mass is 370 g/mol. The Morgan fingerprint density at radius 3 is 2.36 bits per heavy atom. The lowest BCUT2D eigenvalue weighted by atomic mass is 10.0. The van der Waals surface area contributed by atoms with Gasteiger partial charge in [-0.2, -0.15) is 8.42 Å². The zero-order valence-corrected chi connectivity index (χ0v) is 15.3. The fourth-order valence-corrected chi connectivity index (χ4v) is 3.05. The number of hydrogen-bond acceptors (Lipinski definition) is 6. The molecule has 0 aromatic heterocycles. The van der Waals surface area contributed by atoms with Crippen LogP contribution in [0.2, 0.25) is 0 Å². The molecule has 138 valence electrons. The average molecular weight is 370 g/mol. The third-order valence-corrected chi connectivity index (χ3v) is 4.69. The molecule has 0 unspecified atom stereocenters. The maximum absolute atomic E-state index is 12.1. The lowest BCUT2D eigenvalue weighted by Gasteiger charge is -2.36. The number of ether oxygens (including phenoxy) is 1. The summed E-state index contributed by atoms with van der Waals surface area (Å²) in [4.78, 5) is 23.4. The third-order valence-electron chi connectivity index (χ3n) is 3.40. The Kier molecular flexibility index (Phi) is 5.38. The van der Waals surface area contributed by atoms with Crippen molar-refractivity contribution in [2.75, 3.05) is 6.61 Å². The molecule has 2 atom stereocenters. The first-order chi connectivity index (χ1) is 11.5. The third kappa shape index (κ3) is 5.17. The van der Waals surface area contributed by atoms with E-state index in [1.807, 2.05) is 6.92 Å². The molecule has 0 radical (unpaired) electrons. The molecule has 9 heteroatoms. The fraction of sp³-hybridized carbons (Fsp3) is 0.500. The van der Waals surface area contributed by atoms with Crippen molar-refractivity contribution in [2.24, 2.45) is 0 Å². The molecule has 1 aliphatic rings. The number of amides is 2. The van der Waals surface area contributed by atoms with Gasteiger partial charge in [-0.05, 0) is 39.8 Å². The molecule has 0 spiro atoms. The Bertz CT molecular complexity index is 752. The van der Waals surface area contributed by atoms with E-state index in [1.165, 1.54) is 12.1 Å². The van der Waals surface area contributed by atoms with Gasteiger partial charge in [-0.3, -0.25) is 8.98 Å². The molecule has 2 N–H and O–H groups in total. The maximum atomic E-state index is 12.1. The van der Waals surface area contributed by atoms with Gasteiger partial charge in [0, 0.05) is 0 Å². The van der Waals surface area contributed by atoms with Gasteiger partial charge in [-0.25, -0.2) is 4.79 Å². The molecular weight excluding hydrogens is 348 g/mol. The van der Waals surface area contributed by atoms with E-state index in [0.29, 0.717) is 0 Å². The van der Waals surface area contributed by atoms with Crippen molar-refractivity contribution in [1.82, 2.24) is 10.6 Å². The van der Waals surface area contributed by atoms with Gasteiger partial charge in [0.2, 0.25) is 5.91 Å². The minimum atomic E-state index is -3.94. The molecule has 0 aliphatic carbocycles. The minimum Gasteiger partial charge on any atom is -0.444 e. The van der Waals surface area contributed by atoms with E-state index in [0.717, 1.165) is 5.56 Å². The lowest BCUT2D eigenvalue weighted by molar-refractivity contribution is -0.132. The zero-order valence-electron chi connectivity index (χ0n) is 14.5.